The third kappa shape index (κ3) is 1.98. The van der Waals surface area contributed by atoms with Gasteiger partial charge in [-0.25, -0.2) is 13.1 Å². The van der Waals surface area contributed by atoms with Crippen molar-refractivity contribution in [3.8, 4) is 0 Å². The van der Waals surface area contributed by atoms with E-state index < -0.39 is 14.8 Å². The van der Waals surface area contributed by atoms with Crippen molar-refractivity contribution in [1.29, 1.82) is 0 Å². The summed E-state index contributed by atoms with van der Waals surface area (Å²) in [7, 11) is -3.46. The molecule has 3 N–H and O–H groups in total. The summed E-state index contributed by atoms with van der Waals surface area (Å²) in [5.41, 5.74) is 6.98. The number of hydrogen-bond acceptors (Lipinski definition) is 3. The molecule has 0 radical (unpaired) electrons. The van der Waals surface area contributed by atoms with Gasteiger partial charge in [0, 0.05) is 12.6 Å². The third-order valence-electron chi connectivity index (χ3n) is 5.90. The highest BCUT2D eigenvalue weighted by Gasteiger charge is 2.69. The molecule has 116 valence electrons. The number of nitrogens with two attached hydrogens (primary N) is 1. The van der Waals surface area contributed by atoms with E-state index in [4.69, 9.17) is 5.73 Å². The maximum atomic E-state index is 13.0. The van der Waals surface area contributed by atoms with Crippen LogP contribution in [0, 0.1) is 11.3 Å². The minimum atomic E-state index is -3.46. The Balaban J connectivity index is 1.88. The third-order valence-corrected chi connectivity index (χ3v) is 8.42. The molecule has 2 fully saturated rings. The van der Waals surface area contributed by atoms with Crippen LogP contribution in [0.2, 0.25) is 0 Å². The van der Waals surface area contributed by atoms with Crippen LogP contribution in [0.15, 0.2) is 30.3 Å². The van der Waals surface area contributed by atoms with Gasteiger partial charge in [-0.1, -0.05) is 44.2 Å². The molecule has 2 aliphatic rings. The van der Waals surface area contributed by atoms with Gasteiger partial charge in [0.15, 0.2) is 0 Å². The van der Waals surface area contributed by atoms with Gasteiger partial charge >= 0.3 is 0 Å². The van der Waals surface area contributed by atoms with Gasteiger partial charge in [-0.3, -0.25) is 0 Å². The summed E-state index contributed by atoms with van der Waals surface area (Å²) in [6, 6.07) is 9.35. The molecule has 0 amide bonds. The smallest absolute Gasteiger partial charge is 0.219 e. The van der Waals surface area contributed by atoms with Crippen LogP contribution in [0.5, 0.6) is 0 Å². The van der Waals surface area contributed by atoms with Gasteiger partial charge in [0.1, 0.15) is 4.75 Å². The highest BCUT2D eigenvalue weighted by atomic mass is 32.2. The van der Waals surface area contributed by atoms with Crippen LogP contribution in [0.4, 0.5) is 0 Å². The molecule has 0 saturated heterocycles. The fraction of sp³-hybridized carbons (Fsp3) is 0.625. The van der Waals surface area contributed by atoms with E-state index in [0.29, 0.717) is 18.9 Å². The second-order valence-electron chi connectivity index (χ2n) is 7.00. The molecule has 2 aliphatic carbocycles. The van der Waals surface area contributed by atoms with E-state index in [2.05, 4.69) is 18.6 Å². The summed E-state index contributed by atoms with van der Waals surface area (Å²) in [6.07, 6.45) is 2.46. The minimum absolute atomic E-state index is 0.255. The summed E-state index contributed by atoms with van der Waals surface area (Å²) >= 11 is 0. The van der Waals surface area contributed by atoms with Crippen molar-refractivity contribution in [2.45, 2.75) is 50.4 Å². The first-order valence-electron chi connectivity index (χ1n) is 7.60. The Morgan fingerprint density at radius 1 is 1.29 bits per heavy atom. The van der Waals surface area contributed by atoms with Gasteiger partial charge in [-0.15, -0.1) is 0 Å². The molecule has 5 heteroatoms. The first kappa shape index (κ1) is 15.0. The molecule has 3 rings (SSSR count). The Hall–Kier alpha value is -0.910. The number of benzene rings is 1. The molecular weight excluding hydrogens is 284 g/mol. The monoisotopic (exact) mass is 308 g/mol. The first-order valence-corrected chi connectivity index (χ1v) is 9.08. The molecule has 0 heterocycles. The Morgan fingerprint density at radius 2 is 1.95 bits per heavy atom. The summed E-state index contributed by atoms with van der Waals surface area (Å²) in [4.78, 5) is 0. The van der Waals surface area contributed by atoms with Crippen molar-refractivity contribution in [2.75, 3.05) is 0 Å². The van der Waals surface area contributed by atoms with Crippen molar-refractivity contribution in [3.05, 3.63) is 35.9 Å². The van der Waals surface area contributed by atoms with Crippen LogP contribution < -0.4 is 10.5 Å². The predicted molar refractivity (Wildman–Crippen MR) is 84.0 cm³/mol. The van der Waals surface area contributed by atoms with E-state index in [0.717, 1.165) is 18.4 Å². The summed E-state index contributed by atoms with van der Waals surface area (Å²) < 4.78 is 28.0. The first-order chi connectivity index (χ1) is 9.81. The lowest BCUT2D eigenvalue weighted by atomic mass is 9.81. The summed E-state index contributed by atoms with van der Waals surface area (Å²) in [5, 5.41) is 0. The van der Waals surface area contributed by atoms with Crippen molar-refractivity contribution in [3.63, 3.8) is 0 Å². The second kappa shape index (κ2) is 4.80. The molecular formula is C16H24N2O2S. The van der Waals surface area contributed by atoms with Crippen LogP contribution in [-0.2, 0) is 16.6 Å². The molecule has 1 aromatic carbocycles. The molecule has 2 saturated carbocycles. The Morgan fingerprint density at radius 3 is 2.48 bits per heavy atom. The highest BCUT2D eigenvalue weighted by Crippen LogP contribution is 2.62. The molecule has 1 aromatic rings. The minimum Gasteiger partial charge on any atom is -0.326 e. The molecule has 21 heavy (non-hydrogen) atoms. The lowest BCUT2D eigenvalue weighted by Crippen LogP contribution is -2.59. The molecule has 0 aliphatic heterocycles. The van der Waals surface area contributed by atoms with Crippen molar-refractivity contribution in [2.24, 2.45) is 17.1 Å². The van der Waals surface area contributed by atoms with Gasteiger partial charge < -0.3 is 5.73 Å². The molecule has 0 aromatic heterocycles. The fourth-order valence-corrected chi connectivity index (χ4v) is 6.93. The number of rotatable bonds is 4. The maximum Gasteiger partial charge on any atom is 0.219 e. The maximum absolute atomic E-state index is 13.0. The zero-order valence-corrected chi connectivity index (χ0v) is 13.5. The standard InChI is InChI=1S/C16H24N2O2S/c1-15(2)13-8-9-16(15,14(17)10-13)21(19,20)18-11-12-6-4-3-5-7-12/h3-7,13-14,18H,8-11,17H2,1-2H3/t13-,14-,16-/m1/s1. The van der Waals surface area contributed by atoms with Crippen molar-refractivity contribution < 1.29 is 8.42 Å². The second-order valence-corrected chi connectivity index (χ2v) is 9.02. The van der Waals surface area contributed by atoms with E-state index in [1.807, 2.05) is 30.3 Å². The molecule has 3 atom stereocenters. The Labute approximate surface area is 127 Å². The molecule has 0 spiro atoms. The van der Waals surface area contributed by atoms with E-state index in [1.54, 1.807) is 0 Å². The number of nitrogens with one attached hydrogen (secondary N) is 1. The molecule has 4 nitrogen and oxygen atoms in total. The lowest BCUT2D eigenvalue weighted by Gasteiger charge is -2.40. The van der Waals surface area contributed by atoms with Crippen LogP contribution in [0.25, 0.3) is 0 Å². The Kier molecular flexibility index (Phi) is 3.43. The quantitative estimate of drug-likeness (QED) is 0.894. The van der Waals surface area contributed by atoms with Crippen LogP contribution in [0.1, 0.15) is 38.7 Å². The van der Waals surface area contributed by atoms with Crippen LogP contribution in [0.3, 0.4) is 0 Å². The summed E-state index contributed by atoms with van der Waals surface area (Å²) in [5.74, 6) is 0.417. The van der Waals surface area contributed by atoms with Crippen LogP contribution in [-0.4, -0.2) is 19.2 Å². The zero-order chi connectivity index (χ0) is 15.3. The average Bonchev–Trinajstić information content (AvgIpc) is 2.82. The predicted octanol–water partition coefficient (Wildman–Crippen LogP) is 2.01. The van der Waals surface area contributed by atoms with Gasteiger partial charge in [0.25, 0.3) is 0 Å². The van der Waals surface area contributed by atoms with Crippen molar-refractivity contribution in [1.82, 2.24) is 4.72 Å². The van der Waals surface area contributed by atoms with Gasteiger partial charge in [-0.05, 0) is 36.2 Å². The number of hydrogen-bond donors (Lipinski definition) is 2. The van der Waals surface area contributed by atoms with Gasteiger partial charge in [0.2, 0.25) is 10.0 Å². The van der Waals surface area contributed by atoms with Gasteiger partial charge in [-0.2, -0.15) is 0 Å². The topological polar surface area (TPSA) is 72.2 Å². The van der Waals surface area contributed by atoms with E-state index >= 15 is 0 Å². The number of fused-ring (bicyclic) bond motifs is 2. The largest absolute Gasteiger partial charge is 0.326 e. The fourth-order valence-electron chi connectivity index (χ4n) is 4.57. The molecule has 0 unspecified atom stereocenters. The Bertz CT molecular complexity index is 627. The normalized spacial score (nSPS) is 34.2. The van der Waals surface area contributed by atoms with E-state index in [1.165, 1.54) is 0 Å². The highest BCUT2D eigenvalue weighted by molar-refractivity contribution is 7.91. The summed E-state index contributed by atoms with van der Waals surface area (Å²) in [6.45, 7) is 4.47. The zero-order valence-electron chi connectivity index (χ0n) is 12.7. The van der Waals surface area contributed by atoms with E-state index in [-0.39, 0.29) is 11.5 Å². The lowest BCUT2D eigenvalue weighted by molar-refractivity contribution is 0.267. The van der Waals surface area contributed by atoms with E-state index in [9.17, 15) is 8.42 Å². The van der Waals surface area contributed by atoms with Crippen LogP contribution >= 0.6 is 0 Å². The number of sulfonamides is 1. The SMILES string of the molecule is CC1(C)[C@@H]2CC[C@@]1(S(=O)(=O)NCc1ccccc1)[C@H](N)C2. The van der Waals surface area contributed by atoms with Gasteiger partial charge in [0.05, 0.1) is 0 Å². The average molecular weight is 308 g/mol. The molecule has 2 bridgehead atoms. The van der Waals surface area contributed by atoms with Crippen molar-refractivity contribution >= 4 is 10.0 Å².